The summed E-state index contributed by atoms with van der Waals surface area (Å²) in [5.41, 5.74) is 0.497. The van der Waals surface area contributed by atoms with Crippen LogP contribution in [0.3, 0.4) is 0 Å². The van der Waals surface area contributed by atoms with Crippen molar-refractivity contribution in [2.24, 2.45) is 0 Å². The van der Waals surface area contributed by atoms with Gasteiger partial charge in [0.2, 0.25) is 0 Å². The molecular weight excluding hydrogens is 326 g/mol. The average molecular weight is 342 g/mol. The van der Waals surface area contributed by atoms with Gasteiger partial charge < -0.3 is 18.5 Å². The van der Waals surface area contributed by atoms with Gasteiger partial charge in [-0.05, 0) is 35.0 Å². The van der Waals surface area contributed by atoms with E-state index >= 15 is 0 Å². The molecular formula is C14H16BrNO4. The van der Waals surface area contributed by atoms with Crippen LogP contribution in [0.5, 0.6) is 0 Å². The molecule has 2 aromatic heterocycles. The predicted octanol–water partition coefficient (Wildman–Crippen LogP) is 3.23. The molecule has 0 bridgehead atoms. The van der Waals surface area contributed by atoms with Crippen molar-refractivity contribution in [3.05, 3.63) is 46.2 Å². The summed E-state index contributed by atoms with van der Waals surface area (Å²) >= 11 is 3.19. The van der Waals surface area contributed by atoms with Crippen molar-refractivity contribution in [1.29, 1.82) is 0 Å². The summed E-state index contributed by atoms with van der Waals surface area (Å²) in [6, 6.07) is 5.39. The van der Waals surface area contributed by atoms with E-state index in [1.54, 1.807) is 18.1 Å². The average Bonchev–Trinajstić information content (AvgIpc) is 3.02. The summed E-state index contributed by atoms with van der Waals surface area (Å²) in [5.74, 6) is 1.45. The molecule has 1 amide bonds. The van der Waals surface area contributed by atoms with Gasteiger partial charge in [-0.1, -0.05) is 0 Å². The topological polar surface area (TPSA) is 55.8 Å². The number of carbonyl (C=O) groups excluding carboxylic acids is 1. The summed E-state index contributed by atoms with van der Waals surface area (Å²) in [6.07, 6.45) is 1.43. The number of carbonyl (C=O) groups is 1. The van der Waals surface area contributed by atoms with E-state index in [1.165, 1.54) is 6.26 Å². The molecule has 0 N–H and O–H groups in total. The van der Waals surface area contributed by atoms with Crippen molar-refractivity contribution in [2.75, 3.05) is 20.3 Å². The second-order valence-corrected chi connectivity index (χ2v) is 5.15. The lowest BCUT2D eigenvalue weighted by atomic mass is 10.2. The Morgan fingerprint density at radius 3 is 2.80 bits per heavy atom. The normalized spacial score (nSPS) is 10.8. The molecule has 0 unspecified atom stereocenters. The van der Waals surface area contributed by atoms with Crippen LogP contribution < -0.4 is 0 Å². The smallest absolute Gasteiger partial charge is 0.257 e. The molecule has 6 heteroatoms. The highest BCUT2D eigenvalue weighted by atomic mass is 79.9. The number of nitrogens with zero attached hydrogens (tertiary/aromatic N) is 1. The van der Waals surface area contributed by atoms with Gasteiger partial charge in [0.15, 0.2) is 4.67 Å². The summed E-state index contributed by atoms with van der Waals surface area (Å²) in [5, 5.41) is 0. The van der Waals surface area contributed by atoms with Crippen molar-refractivity contribution in [3.8, 4) is 0 Å². The van der Waals surface area contributed by atoms with Gasteiger partial charge in [-0.25, -0.2) is 0 Å². The first-order chi connectivity index (χ1) is 9.60. The van der Waals surface area contributed by atoms with E-state index in [0.717, 1.165) is 11.5 Å². The first kappa shape index (κ1) is 14.9. The van der Waals surface area contributed by atoms with Crippen LogP contribution in [0.15, 0.2) is 38.0 Å². The zero-order chi connectivity index (χ0) is 14.5. The highest BCUT2D eigenvalue weighted by Gasteiger charge is 2.19. The van der Waals surface area contributed by atoms with Crippen LogP contribution in [0.2, 0.25) is 0 Å². The second kappa shape index (κ2) is 6.76. The van der Waals surface area contributed by atoms with Crippen LogP contribution in [0, 0.1) is 6.92 Å². The summed E-state index contributed by atoms with van der Waals surface area (Å²) < 4.78 is 16.2. The van der Waals surface area contributed by atoms with Crippen molar-refractivity contribution in [1.82, 2.24) is 4.90 Å². The molecule has 5 nitrogen and oxygen atoms in total. The highest BCUT2D eigenvalue weighted by Crippen LogP contribution is 2.17. The Morgan fingerprint density at radius 1 is 1.45 bits per heavy atom. The van der Waals surface area contributed by atoms with E-state index in [1.807, 2.05) is 19.1 Å². The molecule has 0 saturated carbocycles. The molecule has 20 heavy (non-hydrogen) atoms. The molecule has 2 aromatic rings. The lowest BCUT2D eigenvalue weighted by Gasteiger charge is -2.20. The molecule has 0 aromatic carbocycles. The largest absolute Gasteiger partial charge is 0.464 e. The van der Waals surface area contributed by atoms with E-state index in [2.05, 4.69) is 15.9 Å². The molecule has 108 valence electrons. The monoisotopic (exact) mass is 341 g/mol. The summed E-state index contributed by atoms with van der Waals surface area (Å²) in [4.78, 5) is 14.1. The zero-order valence-corrected chi connectivity index (χ0v) is 13.0. The minimum absolute atomic E-state index is 0.120. The first-order valence-electron chi connectivity index (χ1n) is 6.17. The van der Waals surface area contributed by atoms with Gasteiger partial charge in [-0.2, -0.15) is 0 Å². The molecule has 0 spiro atoms. The van der Waals surface area contributed by atoms with Gasteiger partial charge in [0, 0.05) is 19.7 Å². The molecule has 2 heterocycles. The van der Waals surface area contributed by atoms with Crippen molar-refractivity contribution in [3.63, 3.8) is 0 Å². The predicted molar refractivity (Wildman–Crippen MR) is 76.5 cm³/mol. The number of furan rings is 2. The molecule has 0 radical (unpaired) electrons. The van der Waals surface area contributed by atoms with E-state index in [0.29, 0.717) is 29.9 Å². The van der Waals surface area contributed by atoms with Crippen LogP contribution in [0.4, 0.5) is 0 Å². The lowest BCUT2D eigenvalue weighted by molar-refractivity contribution is 0.0665. The van der Waals surface area contributed by atoms with Crippen LogP contribution in [-0.4, -0.2) is 31.1 Å². The molecule has 0 fully saturated rings. The standard InChI is InChI=1S/C14H16BrNO4/c1-10-3-4-12(20-10)8-16(5-6-18-2)14(17)11-7-13(15)19-9-11/h3-4,7,9H,5-6,8H2,1-2H3. The maximum Gasteiger partial charge on any atom is 0.257 e. The fourth-order valence-electron chi connectivity index (χ4n) is 1.82. The SMILES string of the molecule is COCCN(Cc1ccc(C)o1)C(=O)c1coc(Br)c1. The van der Waals surface area contributed by atoms with E-state index in [4.69, 9.17) is 13.6 Å². The zero-order valence-electron chi connectivity index (χ0n) is 11.4. The van der Waals surface area contributed by atoms with Crippen LogP contribution in [-0.2, 0) is 11.3 Å². The Labute approximate surface area is 125 Å². The molecule has 2 rings (SSSR count). The highest BCUT2D eigenvalue weighted by molar-refractivity contribution is 9.10. The van der Waals surface area contributed by atoms with Crippen molar-refractivity contribution in [2.45, 2.75) is 13.5 Å². The minimum atomic E-state index is -0.120. The number of hydrogen-bond donors (Lipinski definition) is 0. The van der Waals surface area contributed by atoms with E-state index in [-0.39, 0.29) is 5.91 Å². The quantitative estimate of drug-likeness (QED) is 0.809. The summed E-state index contributed by atoms with van der Waals surface area (Å²) in [7, 11) is 1.61. The maximum absolute atomic E-state index is 12.4. The van der Waals surface area contributed by atoms with Crippen LogP contribution in [0.25, 0.3) is 0 Å². The van der Waals surface area contributed by atoms with Gasteiger partial charge in [-0.15, -0.1) is 0 Å². The molecule has 0 aliphatic rings. The number of aryl methyl sites for hydroxylation is 1. The minimum Gasteiger partial charge on any atom is -0.464 e. The number of rotatable bonds is 6. The lowest BCUT2D eigenvalue weighted by Crippen LogP contribution is -2.33. The van der Waals surface area contributed by atoms with Gasteiger partial charge in [0.1, 0.15) is 17.8 Å². The summed E-state index contributed by atoms with van der Waals surface area (Å²) in [6.45, 7) is 3.22. The third-order valence-corrected chi connectivity index (χ3v) is 3.23. The fraction of sp³-hybridized carbons (Fsp3) is 0.357. The number of halogens is 1. The second-order valence-electron chi connectivity index (χ2n) is 4.37. The van der Waals surface area contributed by atoms with Gasteiger partial charge in [-0.3, -0.25) is 4.79 Å². The van der Waals surface area contributed by atoms with Crippen molar-refractivity contribution >= 4 is 21.8 Å². The van der Waals surface area contributed by atoms with Crippen LogP contribution >= 0.6 is 15.9 Å². The molecule has 0 atom stereocenters. The Morgan fingerprint density at radius 2 is 2.25 bits per heavy atom. The third-order valence-electron chi connectivity index (χ3n) is 2.81. The number of hydrogen-bond acceptors (Lipinski definition) is 4. The molecule has 0 saturated heterocycles. The Balaban J connectivity index is 2.12. The first-order valence-corrected chi connectivity index (χ1v) is 6.97. The Hall–Kier alpha value is -1.53. The van der Waals surface area contributed by atoms with Crippen molar-refractivity contribution < 1.29 is 18.4 Å². The molecule has 0 aliphatic carbocycles. The van der Waals surface area contributed by atoms with E-state index < -0.39 is 0 Å². The number of ether oxygens (including phenoxy) is 1. The van der Waals surface area contributed by atoms with Gasteiger partial charge in [0.25, 0.3) is 5.91 Å². The number of amides is 1. The van der Waals surface area contributed by atoms with Gasteiger partial charge in [0.05, 0.1) is 18.7 Å². The van der Waals surface area contributed by atoms with Crippen LogP contribution in [0.1, 0.15) is 21.9 Å². The maximum atomic E-state index is 12.4. The molecule has 0 aliphatic heterocycles. The van der Waals surface area contributed by atoms with Gasteiger partial charge >= 0.3 is 0 Å². The fourth-order valence-corrected chi connectivity index (χ4v) is 2.16. The Bertz CT molecular complexity index is 575. The Kier molecular flexibility index (Phi) is 5.03. The van der Waals surface area contributed by atoms with E-state index in [9.17, 15) is 4.79 Å². The third kappa shape index (κ3) is 3.74. The number of methoxy groups -OCH3 is 1.